The Morgan fingerprint density at radius 1 is 0.923 bits per heavy atom. The number of aryl methyl sites for hydroxylation is 3. The number of urea groups is 1. The average Bonchev–Trinajstić information content (AvgIpc) is 3.12. The summed E-state index contributed by atoms with van der Waals surface area (Å²) in [5.74, 6) is 0.159. The molecule has 1 aromatic rings. The highest BCUT2D eigenvalue weighted by atomic mass is 16.2. The number of nitrogens with zero attached hydrogens (tertiary/aromatic N) is 2. The zero-order valence-corrected chi connectivity index (χ0v) is 16.3. The number of hydrogen-bond acceptors (Lipinski definition) is 2. The number of nitrogens with one attached hydrogen (secondary N) is 1. The van der Waals surface area contributed by atoms with Crippen molar-refractivity contribution >= 4 is 11.9 Å². The van der Waals surface area contributed by atoms with E-state index in [0.717, 1.165) is 18.4 Å². The maximum atomic E-state index is 12.7. The van der Waals surface area contributed by atoms with Crippen LogP contribution in [0.3, 0.4) is 0 Å². The summed E-state index contributed by atoms with van der Waals surface area (Å²) < 4.78 is 0. The fraction of sp³-hybridized carbons (Fsp3) is 0.619. The number of hydrogen-bond donors (Lipinski definition) is 1. The van der Waals surface area contributed by atoms with Crippen molar-refractivity contribution in [1.29, 1.82) is 0 Å². The van der Waals surface area contributed by atoms with Crippen molar-refractivity contribution in [2.24, 2.45) is 0 Å². The first-order valence-corrected chi connectivity index (χ1v) is 9.84. The van der Waals surface area contributed by atoms with Crippen LogP contribution >= 0.6 is 0 Å². The van der Waals surface area contributed by atoms with Gasteiger partial charge in [0.05, 0.1) is 6.42 Å². The van der Waals surface area contributed by atoms with Crippen LogP contribution in [0.5, 0.6) is 0 Å². The van der Waals surface area contributed by atoms with Crippen molar-refractivity contribution in [3.63, 3.8) is 0 Å². The summed E-state index contributed by atoms with van der Waals surface area (Å²) in [5.41, 5.74) is 4.78. The SMILES string of the molecule is Cc1cc(C)c(CC(=O)N2CCN(C(=O)NC3CCCC3)CC2)cc1C. The third kappa shape index (κ3) is 4.37. The second kappa shape index (κ2) is 8.11. The van der Waals surface area contributed by atoms with E-state index in [0.29, 0.717) is 38.6 Å². The van der Waals surface area contributed by atoms with Gasteiger partial charge in [-0.25, -0.2) is 4.79 Å². The molecule has 0 aromatic heterocycles. The maximum Gasteiger partial charge on any atom is 0.317 e. The Hall–Kier alpha value is -2.04. The minimum Gasteiger partial charge on any atom is -0.339 e. The summed E-state index contributed by atoms with van der Waals surface area (Å²) in [6.45, 7) is 8.75. The van der Waals surface area contributed by atoms with Gasteiger partial charge in [0.15, 0.2) is 0 Å². The van der Waals surface area contributed by atoms with Gasteiger partial charge in [-0.3, -0.25) is 4.79 Å². The van der Waals surface area contributed by atoms with Gasteiger partial charge in [0.25, 0.3) is 0 Å². The summed E-state index contributed by atoms with van der Waals surface area (Å²) in [6.07, 6.45) is 5.07. The summed E-state index contributed by atoms with van der Waals surface area (Å²) in [4.78, 5) is 28.8. The molecule has 3 amide bonds. The molecule has 1 heterocycles. The molecule has 1 N–H and O–H groups in total. The second-order valence-corrected chi connectivity index (χ2v) is 7.84. The molecular weight excluding hydrogens is 326 g/mol. The molecule has 0 bridgehead atoms. The molecule has 5 nitrogen and oxygen atoms in total. The molecule has 0 radical (unpaired) electrons. The van der Waals surface area contributed by atoms with Crippen molar-refractivity contribution < 1.29 is 9.59 Å². The molecule has 2 fully saturated rings. The van der Waals surface area contributed by atoms with Crippen molar-refractivity contribution in [2.45, 2.75) is 58.9 Å². The lowest BCUT2D eigenvalue weighted by Crippen LogP contribution is -2.54. The molecule has 1 aliphatic heterocycles. The molecule has 26 heavy (non-hydrogen) atoms. The molecule has 1 saturated heterocycles. The van der Waals surface area contributed by atoms with Gasteiger partial charge in [0, 0.05) is 32.2 Å². The van der Waals surface area contributed by atoms with E-state index in [1.807, 2.05) is 9.80 Å². The van der Waals surface area contributed by atoms with Crippen LogP contribution < -0.4 is 5.32 Å². The standard InChI is InChI=1S/C21H31N3O2/c1-15-12-17(3)18(13-16(15)2)14-20(25)23-8-10-24(11-9-23)21(26)22-19-6-4-5-7-19/h12-13,19H,4-11,14H2,1-3H3,(H,22,26). The van der Waals surface area contributed by atoms with Crippen LogP contribution in [0.15, 0.2) is 12.1 Å². The van der Waals surface area contributed by atoms with Gasteiger partial charge in [-0.2, -0.15) is 0 Å². The quantitative estimate of drug-likeness (QED) is 0.904. The summed E-state index contributed by atoms with van der Waals surface area (Å²) in [5, 5.41) is 3.13. The first-order valence-electron chi connectivity index (χ1n) is 9.84. The van der Waals surface area contributed by atoms with Crippen LogP contribution in [0, 0.1) is 20.8 Å². The smallest absolute Gasteiger partial charge is 0.317 e. The van der Waals surface area contributed by atoms with Gasteiger partial charge >= 0.3 is 6.03 Å². The number of amides is 3. The van der Waals surface area contributed by atoms with Crippen LogP contribution in [0.4, 0.5) is 4.79 Å². The zero-order chi connectivity index (χ0) is 18.7. The summed E-state index contributed by atoms with van der Waals surface area (Å²) in [7, 11) is 0. The minimum atomic E-state index is 0.0361. The van der Waals surface area contributed by atoms with E-state index < -0.39 is 0 Å². The molecule has 1 aliphatic carbocycles. The molecular formula is C21H31N3O2. The molecule has 0 spiro atoms. The van der Waals surface area contributed by atoms with E-state index in [2.05, 4.69) is 38.2 Å². The van der Waals surface area contributed by atoms with Crippen LogP contribution in [0.1, 0.15) is 47.9 Å². The molecule has 1 aromatic carbocycles. The Bertz CT molecular complexity index is 672. The van der Waals surface area contributed by atoms with Crippen molar-refractivity contribution in [3.8, 4) is 0 Å². The Kier molecular flexibility index (Phi) is 5.84. The number of carbonyl (C=O) groups excluding carboxylic acids is 2. The fourth-order valence-corrected chi connectivity index (χ4v) is 3.98. The largest absolute Gasteiger partial charge is 0.339 e. The van der Waals surface area contributed by atoms with Crippen LogP contribution in [-0.4, -0.2) is 54.0 Å². The lowest BCUT2D eigenvalue weighted by Gasteiger charge is -2.35. The second-order valence-electron chi connectivity index (χ2n) is 7.84. The molecule has 5 heteroatoms. The van der Waals surface area contributed by atoms with E-state index in [9.17, 15) is 9.59 Å². The summed E-state index contributed by atoms with van der Waals surface area (Å²) in [6, 6.07) is 4.67. The Labute approximate surface area is 156 Å². The van der Waals surface area contributed by atoms with Crippen molar-refractivity contribution in [3.05, 3.63) is 34.4 Å². The maximum absolute atomic E-state index is 12.7. The highest BCUT2D eigenvalue weighted by Gasteiger charge is 2.26. The van der Waals surface area contributed by atoms with Gasteiger partial charge in [-0.1, -0.05) is 25.0 Å². The predicted molar refractivity (Wildman–Crippen MR) is 103 cm³/mol. The first-order chi connectivity index (χ1) is 12.4. The molecule has 2 aliphatic rings. The van der Waals surface area contributed by atoms with Crippen LogP contribution in [0.2, 0.25) is 0 Å². The minimum absolute atomic E-state index is 0.0361. The van der Waals surface area contributed by atoms with E-state index in [1.54, 1.807) is 0 Å². The number of carbonyl (C=O) groups is 2. The van der Waals surface area contributed by atoms with Crippen LogP contribution in [-0.2, 0) is 11.2 Å². The van der Waals surface area contributed by atoms with Crippen LogP contribution in [0.25, 0.3) is 0 Å². The van der Waals surface area contributed by atoms with E-state index >= 15 is 0 Å². The van der Waals surface area contributed by atoms with Crippen molar-refractivity contribution in [1.82, 2.24) is 15.1 Å². The monoisotopic (exact) mass is 357 g/mol. The van der Waals surface area contributed by atoms with Gasteiger partial charge in [-0.15, -0.1) is 0 Å². The summed E-state index contributed by atoms with van der Waals surface area (Å²) >= 11 is 0. The number of benzene rings is 1. The third-order valence-corrected chi connectivity index (χ3v) is 5.90. The van der Waals surface area contributed by atoms with E-state index in [1.165, 1.54) is 29.5 Å². The third-order valence-electron chi connectivity index (χ3n) is 5.90. The lowest BCUT2D eigenvalue weighted by atomic mass is 9.98. The van der Waals surface area contributed by atoms with E-state index in [-0.39, 0.29) is 11.9 Å². The van der Waals surface area contributed by atoms with Gasteiger partial charge in [0.2, 0.25) is 5.91 Å². The molecule has 0 unspecified atom stereocenters. The first kappa shape index (κ1) is 18.7. The van der Waals surface area contributed by atoms with Gasteiger partial charge < -0.3 is 15.1 Å². The highest BCUT2D eigenvalue weighted by Crippen LogP contribution is 2.19. The fourth-order valence-electron chi connectivity index (χ4n) is 3.98. The van der Waals surface area contributed by atoms with Gasteiger partial charge in [0.1, 0.15) is 0 Å². The van der Waals surface area contributed by atoms with Crippen molar-refractivity contribution in [2.75, 3.05) is 26.2 Å². The van der Waals surface area contributed by atoms with E-state index in [4.69, 9.17) is 0 Å². The Balaban J connectivity index is 1.50. The molecule has 3 rings (SSSR count). The zero-order valence-electron chi connectivity index (χ0n) is 16.3. The number of piperazine rings is 1. The van der Waals surface area contributed by atoms with Gasteiger partial charge in [-0.05, 0) is 55.9 Å². The number of rotatable bonds is 3. The molecule has 142 valence electrons. The molecule has 0 atom stereocenters. The predicted octanol–water partition coefficient (Wildman–Crippen LogP) is 2.95. The normalized spacial score (nSPS) is 18.3. The molecule has 1 saturated carbocycles. The Morgan fingerprint density at radius 2 is 1.50 bits per heavy atom. The topological polar surface area (TPSA) is 52.7 Å². The highest BCUT2D eigenvalue weighted by molar-refractivity contribution is 5.80. The Morgan fingerprint density at radius 3 is 2.15 bits per heavy atom. The lowest BCUT2D eigenvalue weighted by molar-refractivity contribution is -0.131. The average molecular weight is 357 g/mol.